The maximum absolute atomic E-state index is 11.5. The quantitative estimate of drug-likeness (QED) is 0.448. The highest BCUT2D eigenvalue weighted by molar-refractivity contribution is 7.89. The standard InChI is InChI=1S/C9H17NO7S/c1-17-8(12)3-2-6-18(15,16)10-7(4-5-11)9(13)14/h7,10-11H,2-6H2,1H3,(H,13,14)/t7-/m0/s1. The normalized spacial score (nSPS) is 13.0. The van der Waals surface area contributed by atoms with Gasteiger partial charge in [0.1, 0.15) is 6.04 Å². The zero-order valence-corrected chi connectivity index (χ0v) is 10.8. The third kappa shape index (κ3) is 7.20. The highest BCUT2D eigenvalue weighted by Crippen LogP contribution is 2.00. The number of hydrogen-bond donors (Lipinski definition) is 3. The first-order chi connectivity index (χ1) is 8.32. The Morgan fingerprint density at radius 3 is 2.44 bits per heavy atom. The van der Waals surface area contributed by atoms with Crippen LogP contribution in [0.2, 0.25) is 0 Å². The second-order valence-electron chi connectivity index (χ2n) is 3.52. The summed E-state index contributed by atoms with van der Waals surface area (Å²) >= 11 is 0. The van der Waals surface area contributed by atoms with Gasteiger partial charge in [0.05, 0.1) is 12.9 Å². The summed E-state index contributed by atoms with van der Waals surface area (Å²) in [4.78, 5) is 21.4. The van der Waals surface area contributed by atoms with Gasteiger partial charge in [0.2, 0.25) is 10.0 Å². The summed E-state index contributed by atoms with van der Waals surface area (Å²) in [6.45, 7) is -0.443. The molecule has 9 heteroatoms. The van der Waals surface area contributed by atoms with Crippen molar-refractivity contribution in [1.29, 1.82) is 0 Å². The number of esters is 1. The van der Waals surface area contributed by atoms with Gasteiger partial charge in [0.15, 0.2) is 0 Å². The van der Waals surface area contributed by atoms with Gasteiger partial charge in [-0.3, -0.25) is 9.59 Å². The summed E-state index contributed by atoms with van der Waals surface area (Å²) in [6.07, 6.45) is -0.242. The molecule has 0 aromatic rings. The van der Waals surface area contributed by atoms with Gasteiger partial charge in [-0.1, -0.05) is 0 Å². The summed E-state index contributed by atoms with van der Waals surface area (Å²) in [5, 5.41) is 17.3. The average Bonchev–Trinajstić information content (AvgIpc) is 2.27. The molecule has 0 amide bonds. The van der Waals surface area contributed by atoms with Crippen LogP contribution in [0.3, 0.4) is 0 Å². The first-order valence-corrected chi connectivity index (χ1v) is 6.88. The summed E-state index contributed by atoms with van der Waals surface area (Å²) in [5.74, 6) is -2.27. The van der Waals surface area contributed by atoms with E-state index in [-0.39, 0.29) is 25.0 Å². The minimum Gasteiger partial charge on any atom is -0.480 e. The predicted molar refractivity (Wildman–Crippen MR) is 61.3 cm³/mol. The molecule has 0 heterocycles. The molecule has 0 aliphatic carbocycles. The van der Waals surface area contributed by atoms with Crippen LogP contribution in [-0.2, 0) is 24.3 Å². The molecule has 0 aliphatic rings. The van der Waals surface area contributed by atoms with Crippen LogP contribution in [0.25, 0.3) is 0 Å². The van der Waals surface area contributed by atoms with Crippen LogP contribution >= 0.6 is 0 Å². The van der Waals surface area contributed by atoms with E-state index in [0.717, 1.165) is 0 Å². The Morgan fingerprint density at radius 1 is 1.39 bits per heavy atom. The maximum atomic E-state index is 11.5. The Morgan fingerprint density at radius 2 is 2.00 bits per heavy atom. The van der Waals surface area contributed by atoms with Crippen LogP contribution in [0.1, 0.15) is 19.3 Å². The SMILES string of the molecule is COC(=O)CCCS(=O)(=O)N[C@@H](CCO)C(=O)O. The number of hydrogen-bond acceptors (Lipinski definition) is 6. The maximum Gasteiger partial charge on any atom is 0.321 e. The number of rotatable bonds is 9. The minimum atomic E-state index is -3.80. The van der Waals surface area contributed by atoms with E-state index in [9.17, 15) is 18.0 Å². The number of aliphatic hydroxyl groups is 1. The number of carboxylic acids is 1. The van der Waals surface area contributed by atoms with E-state index in [0.29, 0.717) is 0 Å². The number of carbonyl (C=O) groups excluding carboxylic acids is 1. The molecule has 0 unspecified atom stereocenters. The molecule has 3 N–H and O–H groups in total. The average molecular weight is 283 g/mol. The molecular formula is C9H17NO7S. The van der Waals surface area contributed by atoms with Crippen LogP contribution in [0.5, 0.6) is 0 Å². The zero-order valence-electron chi connectivity index (χ0n) is 9.96. The fourth-order valence-corrected chi connectivity index (χ4v) is 2.44. The van der Waals surface area contributed by atoms with Crippen molar-refractivity contribution in [3.8, 4) is 0 Å². The van der Waals surface area contributed by atoms with E-state index in [1.807, 2.05) is 4.72 Å². The lowest BCUT2D eigenvalue weighted by atomic mass is 10.2. The highest BCUT2D eigenvalue weighted by Gasteiger charge is 2.23. The Labute approximate surface area is 105 Å². The molecule has 0 fully saturated rings. The molecule has 1 atom stereocenters. The summed E-state index contributed by atoms with van der Waals surface area (Å²) in [5.41, 5.74) is 0. The van der Waals surface area contributed by atoms with Crippen molar-refractivity contribution in [2.45, 2.75) is 25.3 Å². The molecule has 0 aromatic carbocycles. The van der Waals surface area contributed by atoms with Crippen molar-refractivity contribution in [1.82, 2.24) is 4.72 Å². The van der Waals surface area contributed by atoms with Gasteiger partial charge in [-0.15, -0.1) is 0 Å². The Hall–Kier alpha value is -1.19. The number of carbonyl (C=O) groups is 2. The highest BCUT2D eigenvalue weighted by atomic mass is 32.2. The number of aliphatic carboxylic acids is 1. The molecule has 8 nitrogen and oxygen atoms in total. The molecule has 0 spiro atoms. The van der Waals surface area contributed by atoms with Crippen LogP contribution in [0, 0.1) is 0 Å². The number of carboxylic acid groups (broad SMARTS) is 1. The van der Waals surface area contributed by atoms with E-state index in [1.54, 1.807) is 0 Å². The Balaban J connectivity index is 4.28. The third-order valence-electron chi connectivity index (χ3n) is 2.06. The van der Waals surface area contributed by atoms with Gasteiger partial charge in [0.25, 0.3) is 0 Å². The van der Waals surface area contributed by atoms with Crippen LogP contribution in [0.15, 0.2) is 0 Å². The monoisotopic (exact) mass is 283 g/mol. The van der Waals surface area contributed by atoms with Gasteiger partial charge in [-0.05, 0) is 12.8 Å². The minimum absolute atomic E-state index is 0.0352. The lowest BCUT2D eigenvalue weighted by molar-refractivity contribution is -0.141. The Bertz CT molecular complexity index is 378. The van der Waals surface area contributed by atoms with Gasteiger partial charge in [-0.25, -0.2) is 13.1 Å². The van der Waals surface area contributed by atoms with E-state index >= 15 is 0 Å². The van der Waals surface area contributed by atoms with Crippen molar-refractivity contribution < 1.29 is 33.0 Å². The molecule has 0 aromatic heterocycles. The number of sulfonamides is 1. The molecule has 0 saturated heterocycles. The van der Waals surface area contributed by atoms with Crippen LogP contribution < -0.4 is 4.72 Å². The lowest BCUT2D eigenvalue weighted by Gasteiger charge is -2.13. The number of nitrogens with one attached hydrogen (secondary N) is 1. The van der Waals surface area contributed by atoms with Crippen molar-refractivity contribution in [2.75, 3.05) is 19.5 Å². The molecule has 0 radical (unpaired) electrons. The van der Waals surface area contributed by atoms with Crippen LogP contribution in [0.4, 0.5) is 0 Å². The second-order valence-corrected chi connectivity index (χ2v) is 5.39. The summed E-state index contributed by atoms with van der Waals surface area (Å²) in [7, 11) is -2.61. The van der Waals surface area contributed by atoms with E-state index in [4.69, 9.17) is 10.2 Å². The van der Waals surface area contributed by atoms with Crippen molar-refractivity contribution in [3.05, 3.63) is 0 Å². The summed E-state index contributed by atoms with van der Waals surface area (Å²) in [6, 6.07) is -1.36. The molecule has 106 valence electrons. The number of methoxy groups -OCH3 is 1. The van der Waals surface area contributed by atoms with E-state index in [2.05, 4.69) is 4.74 Å². The largest absolute Gasteiger partial charge is 0.480 e. The number of aliphatic hydroxyl groups excluding tert-OH is 1. The zero-order chi connectivity index (χ0) is 14.2. The van der Waals surface area contributed by atoms with Gasteiger partial charge < -0.3 is 14.9 Å². The number of ether oxygens (including phenoxy) is 1. The van der Waals surface area contributed by atoms with Crippen molar-refractivity contribution in [3.63, 3.8) is 0 Å². The first-order valence-electron chi connectivity index (χ1n) is 5.23. The van der Waals surface area contributed by atoms with Gasteiger partial charge in [-0.2, -0.15) is 0 Å². The smallest absolute Gasteiger partial charge is 0.321 e. The Kier molecular flexibility index (Phi) is 7.48. The van der Waals surface area contributed by atoms with E-state index < -0.39 is 34.6 Å². The topological polar surface area (TPSA) is 130 Å². The first kappa shape index (κ1) is 16.8. The van der Waals surface area contributed by atoms with Gasteiger partial charge >= 0.3 is 11.9 Å². The molecule has 0 bridgehead atoms. The third-order valence-corrected chi connectivity index (χ3v) is 3.53. The molecule has 0 rings (SSSR count). The predicted octanol–water partition coefficient (Wildman–Crippen LogP) is -1.31. The van der Waals surface area contributed by atoms with E-state index in [1.165, 1.54) is 7.11 Å². The lowest BCUT2D eigenvalue weighted by Crippen LogP contribution is -2.42. The molecule has 0 saturated carbocycles. The molecule has 0 aliphatic heterocycles. The fourth-order valence-electron chi connectivity index (χ4n) is 1.15. The molecule has 18 heavy (non-hydrogen) atoms. The fraction of sp³-hybridized carbons (Fsp3) is 0.778. The summed E-state index contributed by atoms with van der Waals surface area (Å²) < 4.78 is 29.3. The van der Waals surface area contributed by atoms with Crippen molar-refractivity contribution >= 4 is 22.0 Å². The van der Waals surface area contributed by atoms with Gasteiger partial charge in [0, 0.05) is 13.0 Å². The second kappa shape index (κ2) is 8.01. The van der Waals surface area contributed by atoms with Crippen LogP contribution in [-0.4, -0.2) is 56.1 Å². The molecular weight excluding hydrogens is 266 g/mol. The van der Waals surface area contributed by atoms with Crippen molar-refractivity contribution in [2.24, 2.45) is 0 Å².